The van der Waals surface area contributed by atoms with Crippen LogP contribution in [0.5, 0.6) is 0 Å². The van der Waals surface area contributed by atoms with Crippen LogP contribution in [0.1, 0.15) is 12.8 Å². The smallest absolute Gasteiger partial charge is 0.240 e. The number of aromatic amines is 1. The number of nitrogen functional groups attached to an aromatic ring is 1. The monoisotopic (exact) mass is 448 g/mol. The predicted octanol–water partition coefficient (Wildman–Crippen LogP) is 0.0179. The molecule has 6 N–H and O–H groups in total. The number of pyridine rings is 1. The van der Waals surface area contributed by atoms with E-state index in [1.807, 2.05) is 0 Å². The van der Waals surface area contributed by atoms with E-state index in [0.29, 0.717) is 42.9 Å². The zero-order valence-corrected chi connectivity index (χ0v) is 17.4. The SMILES string of the molecule is Nc1ccc(-c2ccc(S(=O)C3CCNCC3)c(S(N)(=O)=O)c2-c2nn[nH]n2)cn1. The van der Waals surface area contributed by atoms with Gasteiger partial charge in [-0.2, -0.15) is 5.21 Å². The highest BCUT2D eigenvalue weighted by Crippen LogP contribution is 2.39. The fraction of sp³-hybridized carbons (Fsp3) is 0.294. The number of nitrogens with two attached hydrogens (primary N) is 2. The molecule has 0 spiro atoms. The molecule has 0 saturated carbocycles. The average molecular weight is 449 g/mol. The third-order valence-corrected chi connectivity index (χ3v) is 7.85. The van der Waals surface area contributed by atoms with Gasteiger partial charge in [0.2, 0.25) is 15.8 Å². The minimum absolute atomic E-state index is 0.0232. The van der Waals surface area contributed by atoms with E-state index in [4.69, 9.17) is 10.9 Å². The van der Waals surface area contributed by atoms with Gasteiger partial charge in [-0.05, 0) is 54.9 Å². The van der Waals surface area contributed by atoms with Crippen molar-refractivity contribution >= 4 is 26.6 Å². The largest absolute Gasteiger partial charge is 0.384 e. The summed E-state index contributed by atoms with van der Waals surface area (Å²) in [6.45, 7) is 1.43. The topological polar surface area (TPSA) is 183 Å². The van der Waals surface area contributed by atoms with E-state index in [1.165, 1.54) is 12.3 Å². The van der Waals surface area contributed by atoms with Crippen molar-refractivity contribution in [3.8, 4) is 22.5 Å². The highest BCUT2D eigenvalue weighted by atomic mass is 32.2. The van der Waals surface area contributed by atoms with Crippen LogP contribution < -0.4 is 16.2 Å². The van der Waals surface area contributed by atoms with Crippen molar-refractivity contribution in [1.82, 2.24) is 30.9 Å². The maximum Gasteiger partial charge on any atom is 0.240 e. The molecule has 1 aliphatic rings. The summed E-state index contributed by atoms with van der Waals surface area (Å²) < 4.78 is 38.8. The van der Waals surface area contributed by atoms with E-state index >= 15 is 0 Å². The zero-order valence-electron chi connectivity index (χ0n) is 15.8. The molecule has 0 amide bonds. The summed E-state index contributed by atoms with van der Waals surface area (Å²) in [4.78, 5) is 3.93. The van der Waals surface area contributed by atoms with Crippen LogP contribution in [0.2, 0.25) is 0 Å². The normalized spacial score (nSPS) is 16.4. The zero-order chi connectivity index (χ0) is 21.3. The molecule has 158 valence electrons. The molecule has 11 nitrogen and oxygen atoms in total. The molecule has 13 heteroatoms. The van der Waals surface area contributed by atoms with Crippen molar-refractivity contribution in [2.24, 2.45) is 5.14 Å². The van der Waals surface area contributed by atoms with E-state index in [2.05, 4.69) is 30.9 Å². The Morgan fingerprint density at radius 1 is 1.13 bits per heavy atom. The van der Waals surface area contributed by atoms with Gasteiger partial charge in [0.1, 0.15) is 10.7 Å². The number of anilines is 1. The summed E-state index contributed by atoms with van der Waals surface area (Å²) >= 11 is 0. The molecule has 1 aromatic carbocycles. The number of nitrogens with one attached hydrogen (secondary N) is 2. The van der Waals surface area contributed by atoms with Crippen molar-refractivity contribution in [2.45, 2.75) is 27.9 Å². The van der Waals surface area contributed by atoms with E-state index < -0.39 is 20.8 Å². The highest BCUT2D eigenvalue weighted by Gasteiger charge is 2.31. The Morgan fingerprint density at radius 2 is 1.90 bits per heavy atom. The van der Waals surface area contributed by atoms with Gasteiger partial charge in [0, 0.05) is 17.0 Å². The lowest BCUT2D eigenvalue weighted by molar-refractivity contribution is 0.519. The van der Waals surface area contributed by atoms with Gasteiger partial charge in [0.05, 0.1) is 21.3 Å². The fourth-order valence-corrected chi connectivity index (χ4v) is 6.43. The third-order valence-electron chi connectivity index (χ3n) is 4.88. The van der Waals surface area contributed by atoms with Crippen LogP contribution >= 0.6 is 0 Å². The van der Waals surface area contributed by atoms with Crippen molar-refractivity contribution in [2.75, 3.05) is 18.8 Å². The van der Waals surface area contributed by atoms with Crippen LogP contribution in [0.25, 0.3) is 22.5 Å². The predicted molar refractivity (Wildman–Crippen MR) is 111 cm³/mol. The standard InChI is InChI=1S/C17H20N8O3S2/c18-14-4-1-10(9-21-14)12-2-3-13(29(26)11-5-7-20-8-6-11)16(30(19,27)28)15(12)17-22-24-25-23-17/h1-4,9,11,20H,5-8H2,(H2,18,21)(H2,19,27,28)(H,22,23,24,25). The van der Waals surface area contributed by atoms with Crippen LogP contribution in [0.15, 0.2) is 40.3 Å². The quantitative estimate of drug-likeness (QED) is 0.418. The summed E-state index contributed by atoms with van der Waals surface area (Å²) in [6, 6.07) is 6.49. The number of hydrogen-bond acceptors (Lipinski definition) is 9. The van der Waals surface area contributed by atoms with Crippen LogP contribution in [0.3, 0.4) is 0 Å². The molecule has 3 aromatic rings. The minimum atomic E-state index is -4.29. The lowest BCUT2D eigenvalue weighted by atomic mass is 10.0. The van der Waals surface area contributed by atoms with Crippen LogP contribution in [-0.4, -0.2) is 56.6 Å². The number of tetrazole rings is 1. The molecule has 1 aliphatic heterocycles. The number of nitrogens with zero attached hydrogens (tertiary/aromatic N) is 4. The molecule has 30 heavy (non-hydrogen) atoms. The number of benzene rings is 1. The molecule has 0 radical (unpaired) electrons. The number of hydrogen-bond donors (Lipinski definition) is 4. The van der Waals surface area contributed by atoms with Crippen LogP contribution in [0.4, 0.5) is 5.82 Å². The summed E-state index contributed by atoms with van der Waals surface area (Å²) in [5.41, 5.74) is 6.83. The van der Waals surface area contributed by atoms with Crippen LogP contribution in [-0.2, 0) is 20.8 Å². The van der Waals surface area contributed by atoms with Gasteiger partial charge in [0.15, 0.2) is 0 Å². The van der Waals surface area contributed by atoms with Crippen molar-refractivity contribution < 1.29 is 12.6 Å². The number of H-pyrrole nitrogens is 1. The summed E-state index contributed by atoms with van der Waals surface area (Å²) in [5.74, 6) is 0.338. The van der Waals surface area contributed by atoms with E-state index in [0.717, 1.165) is 0 Å². The summed E-state index contributed by atoms with van der Waals surface area (Å²) in [6.07, 6.45) is 2.83. The Balaban J connectivity index is 1.98. The maximum atomic E-state index is 13.4. The average Bonchev–Trinajstić information content (AvgIpc) is 3.27. The molecule has 1 unspecified atom stereocenters. The molecular weight excluding hydrogens is 428 g/mol. The van der Waals surface area contributed by atoms with E-state index in [1.54, 1.807) is 18.2 Å². The molecule has 1 atom stereocenters. The van der Waals surface area contributed by atoms with Crippen molar-refractivity contribution in [3.05, 3.63) is 30.5 Å². The third kappa shape index (κ3) is 3.96. The summed E-state index contributed by atoms with van der Waals surface area (Å²) in [5, 5.41) is 22.4. The Bertz CT molecular complexity index is 1170. The lowest BCUT2D eigenvalue weighted by Crippen LogP contribution is -2.34. The van der Waals surface area contributed by atoms with Gasteiger partial charge >= 0.3 is 0 Å². The Kier molecular flexibility index (Phi) is 5.60. The van der Waals surface area contributed by atoms with E-state index in [9.17, 15) is 12.6 Å². The minimum Gasteiger partial charge on any atom is -0.384 e. The molecule has 1 saturated heterocycles. The maximum absolute atomic E-state index is 13.4. The second kappa shape index (κ2) is 8.18. The van der Waals surface area contributed by atoms with Gasteiger partial charge in [0.25, 0.3) is 0 Å². The van der Waals surface area contributed by atoms with Gasteiger partial charge in [-0.15, -0.1) is 10.2 Å². The molecular formula is C17H20N8O3S2. The number of aromatic nitrogens is 5. The van der Waals surface area contributed by atoms with Crippen molar-refractivity contribution in [1.29, 1.82) is 0 Å². The first-order valence-corrected chi connectivity index (χ1v) is 11.9. The van der Waals surface area contributed by atoms with Gasteiger partial charge in [-0.1, -0.05) is 6.07 Å². The molecule has 1 fully saturated rings. The van der Waals surface area contributed by atoms with Gasteiger partial charge in [-0.3, -0.25) is 4.21 Å². The molecule has 0 bridgehead atoms. The number of sulfonamides is 1. The lowest BCUT2D eigenvalue weighted by Gasteiger charge is -2.24. The first kappa shape index (κ1) is 20.5. The van der Waals surface area contributed by atoms with Gasteiger partial charge < -0.3 is 11.1 Å². The Morgan fingerprint density at radius 3 is 2.50 bits per heavy atom. The van der Waals surface area contributed by atoms with Crippen molar-refractivity contribution in [3.63, 3.8) is 0 Å². The van der Waals surface area contributed by atoms with E-state index in [-0.39, 0.29) is 26.4 Å². The molecule has 4 rings (SSSR count). The first-order valence-electron chi connectivity index (χ1n) is 9.13. The number of piperidine rings is 1. The fourth-order valence-electron chi connectivity index (χ4n) is 3.49. The number of primary sulfonamides is 1. The number of rotatable bonds is 5. The summed E-state index contributed by atoms with van der Waals surface area (Å²) in [7, 11) is -5.88. The second-order valence-corrected chi connectivity index (χ2v) is 10.0. The Hall–Kier alpha value is -2.74. The second-order valence-electron chi connectivity index (χ2n) is 6.81. The first-order chi connectivity index (χ1) is 14.4. The van der Waals surface area contributed by atoms with Gasteiger partial charge in [-0.25, -0.2) is 18.5 Å². The van der Waals surface area contributed by atoms with Crippen LogP contribution in [0, 0.1) is 0 Å². The Labute approximate surface area is 175 Å². The highest BCUT2D eigenvalue weighted by molar-refractivity contribution is 7.91. The molecule has 2 aromatic heterocycles. The molecule has 0 aliphatic carbocycles. The molecule has 3 heterocycles.